The molecule has 0 aromatic carbocycles. The lowest BCUT2D eigenvalue weighted by molar-refractivity contribution is -0.167. The first-order valence-electron chi connectivity index (χ1n) is 29.1. The molecule has 0 aromatic rings. The van der Waals surface area contributed by atoms with Gasteiger partial charge in [-0.3, -0.25) is 14.4 Å². The molecule has 6 nitrogen and oxygen atoms in total. The fourth-order valence-corrected chi connectivity index (χ4v) is 8.03. The number of rotatable bonds is 52. The fourth-order valence-electron chi connectivity index (χ4n) is 8.03. The smallest absolute Gasteiger partial charge is 0.306 e. The van der Waals surface area contributed by atoms with Crippen molar-refractivity contribution >= 4 is 17.9 Å². The first-order chi connectivity index (χ1) is 34.0. The normalized spacial score (nSPS) is 12.7. The molecular formula is C63H108O6. The van der Waals surface area contributed by atoms with Crippen LogP contribution < -0.4 is 0 Å². The average molecular weight is 962 g/mol. The van der Waals surface area contributed by atoms with E-state index in [4.69, 9.17) is 14.2 Å². The number of carbonyl (C=O) groups is 3. The third kappa shape index (κ3) is 55.4. The van der Waals surface area contributed by atoms with Crippen molar-refractivity contribution in [2.24, 2.45) is 0 Å². The van der Waals surface area contributed by atoms with Gasteiger partial charge in [0.1, 0.15) is 13.2 Å². The van der Waals surface area contributed by atoms with Gasteiger partial charge in [-0.2, -0.15) is 0 Å². The molecule has 0 saturated heterocycles. The van der Waals surface area contributed by atoms with Crippen molar-refractivity contribution in [3.63, 3.8) is 0 Å². The van der Waals surface area contributed by atoms with Crippen LogP contribution >= 0.6 is 0 Å². The number of hydrogen-bond acceptors (Lipinski definition) is 6. The van der Waals surface area contributed by atoms with Gasteiger partial charge in [0.05, 0.1) is 0 Å². The third-order valence-electron chi connectivity index (χ3n) is 12.4. The second-order valence-electron chi connectivity index (χ2n) is 19.2. The predicted molar refractivity (Wildman–Crippen MR) is 297 cm³/mol. The highest BCUT2D eigenvalue weighted by Crippen LogP contribution is 2.16. The number of ether oxygens (including phenoxy) is 3. The molecule has 0 saturated carbocycles. The molecule has 0 spiro atoms. The van der Waals surface area contributed by atoms with Gasteiger partial charge < -0.3 is 14.2 Å². The van der Waals surface area contributed by atoms with Crippen LogP contribution in [0, 0.1) is 0 Å². The SMILES string of the molecule is CC/C=C/C/C=C/C/C=C/CCCCCCCC(=O)OC[C@H](COC(=O)CCCCC/C=C/C/C=C/C/C=C/C/C=C/CCCCC)OC(=O)CCCCCCCCCCCCCCCCCCC. The van der Waals surface area contributed by atoms with Crippen molar-refractivity contribution in [3.05, 3.63) is 85.1 Å². The van der Waals surface area contributed by atoms with Crippen LogP contribution in [0.5, 0.6) is 0 Å². The lowest BCUT2D eigenvalue weighted by atomic mass is 10.0. The maximum absolute atomic E-state index is 12.9. The highest BCUT2D eigenvalue weighted by molar-refractivity contribution is 5.71. The Bertz CT molecular complexity index is 1330. The standard InChI is InChI=1S/C63H108O6/c1-4-7-10-13-16-19-22-25-28-30-31-33-35-38-41-44-47-50-53-56-62(65)68-59-60(58-67-61(64)55-52-49-46-43-40-37-34-27-24-21-18-15-12-9-6-3)69-63(66)57-54-51-48-45-42-39-36-32-29-26-23-20-17-14-11-8-5-2/h9,12,16,18-19,21,25,27-28,31,33-34,38,41,60H,4-8,10-11,13-15,17,20,22-24,26,29-30,32,35-37,39-40,42-59H2,1-3H3/b12-9+,19-16+,21-18+,28-25+,33-31+,34-27+,41-38+/t60-/m1/s1. The molecule has 396 valence electrons. The minimum Gasteiger partial charge on any atom is -0.462 e. The summed E-state index contributed by atoms with van der Waals surface area (Å²) in [7, 11) is 0. The van der Waals surface area contributed by atoms with Gasteiger partial charge in [-0.25, -0.2) is 0 Å². The minimum atomic E-state index is -0.796. The molecule has 0 bridgehead atoms. The summed E-state index contributed by atoms with van der Waals surface area (Å²) >= 11 is 0. The first-order valence-corrected chi connectivity index (χ1v) is 29.1. The van der Waals surface area contributed by atoms with Crippen LogP contribution in [0.1, 0.15) is 278 Å². The number of esters is 3. The van der Waals surface area contributed by atoms with Crippen LogP contribution in [0.4, 0.5) is 0 Å². The van der Waals surface area contributed by atoms with Crippen molar-refractivity contribution in [1.29, 1.82) is 0 Å². The van der Waals surface area contributed by atoms with E-state index in [9.17, 15) is 14.4 Å². The second-order valence-corrected chi connectivity index (χ2v) is 19.2. The van der Waals surface area contributed by atoms with Gasteiger partial charge in [-0.05, 0) is 96.3 Å². The summed E-state index contributed by atoms with van der Waals surface area (Å²) in [5.74, 6) is -0.932. The zero-order chi connectivity index (χ0) is 50.0. The summed E-state index contributed by atoms with van der Waals surface area (Å²) in [6.45, 7) is 6.48. The van der Waals surface area contributed by atoms with Gasteiger partial charge in [-0.15, -0.1) is 0 Å². The van der Waals surface area contributed by atoms with E-state index in [2.05, 4.69) is 106 Å². The van der Waals surface area contributed by atoms with E-state index in [-0.39, 0.29) is 31.1 Å². The molecule has 69 heavy (non-hydrogen) atoms. The maximum atomic E-state index is 12.9. The summed E-state index contributed by atoms with van der Waals surface area (Å²) in [4.78, 5) is 38.2. The quantitative estimate of drug-likeness (QED) is 0.0262. The Morgan fingerprint density at radius 2 is 0.565 bits per heavy atom. The fraction of sp³-hybridized carbons (Fsp3) is 0.730. The van der Waals surface area contributed by atoms with E-state index in [1.807, 2.05) is 0 Å². The summed E-state index contributed by atoms with van der Waals surface area (Å²) < 4.78 is 16.8. The van der Waals surface area contributed by atoms with E-state index in [0.717, 1.165) is 122 Å². The summed E-state index contributed by atoms with van der Waals surface area (Å²) in [6, 6.07) is 0. The molecule has 0 N–H and O–H groups in total. The molecule has 0 aliphatic rings. The van der Waals surface area contributed by atoms with Crippen LogP contribution in [-0.2, 0) is 28.6 Å². The molecule has 0 aliphatic carbocycles. The van der Waals surface area contributed by atoms with Gasteiger partial charge in [0.2, 0.25) is 0 Å². The Morgan fingerprint density at radius 3 is 0.928 bits per heavy atom. The predicted octanol–water partition coefficient (Wildman–Crippen LogP) is 19.5. The molecule has 0 amide bonds. The van der Waals surface area contributed by atoms with E-state index in [1.54, 1.807) is 0 Å². The molecule has 0 radical (unpaired) electrons. The molecule has 0 aliphatic heterocycles. The van der Waals surface area contributed by atoms with Crippen LogP contribution in [-0.4, -0.2) is 37.2 Å². The van der Waals surface area contributed by atoms with Crippen molar-refractivity contribution in [1.82, 2.24) is 0 Å². The molecule has 6 heteroatoms. The van der Waals surface area contributed by atoms with E-state index < -0.39 is 6.10 Å². The first kappa shape index (κ1) is 65.6. The monoisotopic (exact) mass is 961 g/mol. The van der Waals surface area contributed by atoms with Gasteiger partial charge in [0.15, 0.2) is 6.10 Å². The van der Waals surface area contributed by atoms with E-state index >= 15 is 0 Å². The number of unbranched alkanes of at least 4 members (excludes halogenated alkanes) is 27. The zero-order valence-electron chi connectivity index (χ0n) is 45.3. The van der Waals surface area contributed by atoms with Gasteiger partial charge in [0, 0.05) is 19.3 Å². The topological polar surface area (TPSA) is 78.9 Å². The second kappa shape index (κ2) is 57.2. The lowest BCUT2D eigenvalue weighted by Crippen LogP contribution is -2.30. The molecule has 0 aromatic heterocycles. The van der Waals surface area contributed by atoms with Crippen LogP contribution in [0.25, 0.3) is 0 Å². The van der Waals surface area contributed by atoms with Crippen LogP contribution in [0.3, 0.4) is 0 Å². The number of hydrogen-bond donors (Lipinski definition) is 0. The Balaban J connectivity index is 4.45. The molecule has 0 unspecified atom stereocenters. The van der Waals surface area contributed by atoms with Crippen molar-refractivity contribution in [2.75, 3.05) is 13.2 Å². The number of carbonyl (C=O) groups excluding carboxylic acids is 3. The van der Waals surface area contributed by atoms with Crippen molar-refractivity contribution in [3.8, 4) is 0 Å². The highest BCUT2D eigenvalue weighted by Gasteiger charge is 2.19. The Hall–Kier alpha value is -3.41. The molecule has 0 rings (SSSR count). The van der Waals surface area contributed by atoms with Crippen LogP contribution in [0.15, 0.2) is 85.1 Å². The summed E-state index contributed by atoms with van der Waals surface area (Å²) in [5.41, 5.74) is 0. The Labute approximate surface area is 426 Å². The lowest BCUT2D eigenvalue weighted by Gasteiger charge is -2.18. The van der Waals surface area contributed by atoms with Crippen molar-refractivity contribution in [2.45, 2.75) is 284 Å². The number of allylic oxidation sites excluding steroid dienone is 14. The van der Waals surface area contributed by atoms with E-state index in [0.29, 0.717) is 19.3 Å². The van der Waals surface area contributed by atoms with Gasteiger partial charge in [0.25, 0.3) is 0 Å². The van der Waals surface area contributed by atoms with Crippen LogP contribution in [0.2, 0.25) is 0 Å². The molecular weight excluding hydrogens is 853 g/mol. The largest absolute Gasteiger partial charge is 0.462 e. The van der Waals surface area contributed by atoms with Gasteiger partial charge >= 0.3 is 17.9 Å². The average Bonchev–Trinajstić information content (AvgIpc) is 3.35. The Morgan fingerprint density at radius 1 is 0.304 bits per heavy atom. The summed E-state index contributed by atoms with van der Waals surface area (Å²) in [6.07, 6.45) is 74.3. The maximum Gasteiger partial charge on any atom is 0.306 e. The van der Waals surface area contributed by atoms with E-state index in [1.165, 1.54) is 116 Å². The molecule has 0 fully saturated rings. The minimum absolute atomic E-state index is 0.0943. The Kier molecular flexibility index (Phi) is 54.3. The molecule has 0 heterocycles. The van der Waals surface area contributed by atoms with Gasteiger partial charge in [-0.1, -0.05) is 247 Å². The van der Waals surface area contributed by atoms with Crippen molar-refractivity contribution < 1.29 is 28.6 Å². The zero-order valence-corrected chi connectivity index (χ0v) is 45.3. The molecule has 1 atom stereocenters. The third-order valence-corrected chi connectivity index (χ3v) is 12.4. The summed E-state index contributed by atoms with van der Waals surface area (Å²) in [5, 5.41) is 0. The highest BCUT2D eigenvalue weighted by atomic mass is 16.6.